The van der Waals surface area contributed by atoms with Gasteiger partial charge in [0.2, 0.25) is 18.6 Å². The summed E-state index contributed by atoms with van der Waals surface area (Å²) in [5.41, 5.74) is 0.617. The zero-order chi connectivity index (χ0) is 15.0. The number of nitrogens with zero attached hydrogens (tertiary/aromatic N) is 1. The molecule has 2 N–H and O–H groups in total. The summed E-state index contributed by atoms with van der Waals surface area (Å²) < 4.78 is 10.4. The molecule has 0 saturated carbocycles. The molecular weight excluding hydrogens is 276 g/mol. The van der Waals surface area contributed by atoms with Crippen LogP contribution in [0.2, 0.25) is 0 Å². The van der Waals surface area contributed by atoms with Gasteiger partial charge in [-0.25, -0.2) is 0 Å². The van der Waals surface area contributed by atoms with Gasteiger partial charge in [-0.1, -0.05) is 0 Å². The van der Waals surface area contributed by atoms with Gasteiger partial charge in [0, 0.05) is 31.6 Å². The Morgan fingerprint density at radius 1 is 1.33 bits per heavy atom. The number of fused-ring (bicyclic) bond motifs is 1. The molecule has 1 aromatic rings. The Morgan fingerprint density at radius 3 is 2.81 bits per heavy atom. The van der Waals surface area contributed by atoms with Gasteiger partial charge in [-0.3, -0.25) is 14.5 Å². The smallest absolute Gasteiger partial charge is 0.246 e. The highest BCUT2D eigenvalue weighted by atomic mass is 16.7. The molecule has 3 rings (SSSR count). The van der Waals surface area contributed by atoms with Gasteiger partial charge in [-0.15, -0.1) is 0 Å². The number of amides is 2. The number of likely N-dealkylation sites (tertiary alicyclic amines) is 1. The maximum absolute atomic E-state index is 12.0. The van der Waals surface area contributed by atoms with E-state index >= 15 is 0 Å². The number of piperidine rings is 1. The van der Waals surface area contributed by atoms with Crippen molar-refractivity contribution in [2.24, 2.45) is 0 Å². The van der Waals surface area contributed by atoms with Gasteiger partial charge >= 0.3 is 0 Å². The standard InChI is InChI=1S/C14H16N2O5/c1-16-13(18)3-2-9(14(16)19)15-6-8-4-11-12(5-10(8)17)21-7-20-11/h4-5,9,15,17H,2-3,6-7H2,1H3. The van der Waals surface area contributed by atoms with Crippen molar-refractivity contribution in [2.75, 3.05) is 13.8 Å². The summed E-state index contributed by atoms with van der Waals surface area (Å²) in [6, 6.07) is 2.77. The third-order valence-corrected chi connectivity index (χ3v) is 3.76. The zero-order valence-corrected chi connectivity index (χ0v) is 11.6. The summed E-state index contributed by atoms with van der Waals surface area (Å²) in [7, 11) is 1.48. The van der Waals surface area contributed by atoms with Gasteiger partial charge < -0.3 is 19.9 Å². The van der Waals surface area contributed by atoms with Crippen LogP contribution in [-0.2, 0) is 16.1 Å². The molecule has 7 heteroatoms. The second-order valence-electron chi connectivity index (χ2n) is 5.10. The number of aromatic hydroxyl groups is 1. The molecule has 2 heterocycles. The Labute approximate surface area is 121 Å². The number of imide groups is 1. The summed E-state index contributed by atoms with van der Waals surface area (Å²) in [6.45, 7) is 0.445. The first-order chi connectivity index (χ1) is 10.1. The lowest BCUT2D eigenvalue weighted by molar-refractivity contribution is -0.148. The number of benzene rings is 1. The van der Waals surface area contributed by atoms with Crippen LogP contribution in [0.5, 0.6) is 17.2 Å². The summed E-state index contributed by atoms with van der Waals surface area (Å²) in [4.78, 5) is 24.5. The van der Waals surface area contributed by atoms with Gasteiger partial charge in [0.1, 0.15) is 5.75 Å². The van der Waals surface area contributed by atoms with Crippen LogP contribution in [0, 0.1) is 0 Å². The van der Waals surface area contributed by atoms with Crippen LogP contribution in [-0.4, -0.2) is 41.7 Å². The molecule has 0 spiro atoms. The molecule has 1 saturated heterocycles. The van der Waals surface area contributed by atoms with E-state index in [-0.39, 0.29) is 24.4 Å². The first kappa shape index (κ1) is 13.7. The van der Waals surface area contributed by atoms with Crippen molar-refractivity contribution in [2.45, 2.75) is 25.4 Å². The lowest BCUT2D eigenvalue weighted by atomic mass is 10.0. The predicted molar refractivity (Wildman–Crippen MR) is 71.9 cm³/mol. The Bertz CT molecular complexity index is 601. The van der Waals surface area contributed by atoms with E-state index in [1.165, 1.54) is 13.1 Å². The van der Waals surface area contributed by atoms with Crippen LogP contribution in [0.3, 0.4) is 0 Å². The molecule has 2 aliphatic rings. The molecule has 2 aliphatic heterocycles. The first-order valence-electron chi connectivity index (χ1n) is 6.71. The van der Waals surface area contributed by atoms with Crippen molar-refractivity contribution < 1.29 is 24.2 Å². The molecule has 21 heavy (non-hydrogen) atoms. The number of hydrogen-bond donors (Lipinski definition) is 2. The Hall–Kier alpha value is -2.28. The Morgan fingerprint density at radius 2 is 2.05 bits per heavy atom. The molecule has 1 unspecified atom stereocenters. The van der Waals surface area contributed by atoms with E-state index in [4.69, 9.17) is 9.47 Å². The van der Waals surface area contributed by atoms with Gasteiger partial charge in [-0.05, 0) is 12.5 Å². The SMILES string of the molecule is CN1C(=O)CCC(NCc2cc3c(cc2O)OCO3)C1=O. The molecule has 0 aromatic heterocycles. The lowest BCUT2D eigenvalue weighted by Crippen LogP contribution is -2.51. The predicted octanol–water partition coefficient (Wildman–Crippen LogP) is 0.358. The Balaban J connectivity index is 1.68. The molecule has 7 nitrogen and oxygen atoms in total. The molecule has 1 atom stereocenters. The third-order valence-electron chi connectivity index (χ3n) is 3.76. The number of phenolic OH excluding ortho intramolecular Hbond substituents is 1. The van der Waals surface area contributed by atoms with Crippen molar-refractivity contribution in [3.8, 4) is 17.2 Å². The van der Waals surface area contributed by atoms with Crippen LogP contribution >= 0.6 is 0 Å². The average Bonchev–Trinajstić information content (AvgIpc) is 2.91. The monoisotopic (exact) mass is 292 g/mol. The second-order valence-corrected chi connectivity index (χ2v) is 5.10. The van der Waals surface area contributed by atoms with E-state index in [0.29, 0.717) is 36.4 Å². The molecule has 1 aromatic carbocycles. The number of likely N-dealkylation sites (N-methyl/N-ethyl adjacent to an activating group) is 1. The van der Waals surface area contributed by atoms with Crippen LogP contribution in [0.1, 0.15) is 18.4 Å². The minimum Gasteiger partial charge on any atom is -0.507 e. The molecular formula is C14H16N2O5. The lowest BCUT2D eigenvalue weighted by Gasteiger charge is -2.28. The number of carbonyl (C=O) groups is 2. The molecule has 2 amide bonds. The highest BCUT2D eigenvalue weighted by molar-refractivity contribution is 6.00. The highest BCUT2D eigenvalue weighted by Crippen LogP contribution is 2.37. The Kier molecular flexibility index (Phi) is 3.42. The molecule has 112 valence electrons. The van der Waals surface area contributed by atoms with Crippen molar-refractivity contribution in [3.63, 3.8) is 0 Å². The summed E-state index contributed by atoms with van der Waals surface area (Å²) >= 11 is 0. The number of phenols is 1. The average molecular weight is 292 g/mol. The van der Waals surface area contributed by atoms with E-state index in [2.05, 4.69) is 5.32 Å². The topological polar surface area (TPSA) is 88.1 Å². The molecule has 0 aliphatic carbocycles. The van der Waals surface area contributed by atoms with E-state index in [1.807, 2.05) is 0 Å². The number of carbonyl (C=O) groups excluding carboxylic acids is 2. The third kappa shape index (κ3) is 2.52. The fraction of sp³-hybridized carbons (Fsp3) is 0.429. The van der Waals surface area contributed by atoms with Gasteiger partial charge in [-0.2, -0.15) is 0 Å². The van der Waals surface area contributed by atoms with Crippen molar-refractivity contribution in [1.29, 1.82) is 0 Å². The molecule has 1 fully saturated rings. The summed E-state index contributed by atoms with van der Waals surface area (Å²) in [5.74, 6) is 0.761. The van der Waals surface area contributed by atoms with Gasteiger partial charge in [0.15, 0.2) is 11.5 Å². The van der Waals surface area contributed by atoms with E-state index in [9.17, 15) is 14.7 Å². The second kappa shape index (κ2) is 5.25. The first-order valence-corrected chi connectivity index (χ1v) is 6.71. The minimum atomic E-state index is -0.419. The van der Waals surface area contributed by atoms with Gasteiger partial charge in [0.25, 0.3) is 0 Å². The highest BCUT2D eigenvalue weighted by Gasteiger charge is 2.31. The van der Waals surface area contributed by atoms with Crippen molar-refractivity contribution in [1.82, 2.24) is 10.2 Å². The van der Waals surface area contributed by atoms with E-state index in [0.717, 1.165) is 4.90 Å². The van der Waals surface area contributed by atoms with Crippen LogP contribution in [0.4, 0.5) is 0 Å². The number of nitrogens with one attached hydrogen (secondary N) is 1. The maximum atomic E-state index is 12.0. The normalized spacial score (nSPS) is 21.0. The van der Waals surface area contributed by atoms with Crippen LogP contribution in [0.25, 0.3) is 0 Å². The quantitative estimate of drug-likeness (QED) is 0.782. The largest absolute Gasteiger partial charge is 0.507 e. The molecule has 0 bridgehead atoms. The fourth-order valence-corrected chi connectivity index (χ4v) is 2.45. The van der Waals surface area contributed by atoms with E-state index < -0.39 is 6.04 Å². The maximum Gasteiger partial charge on any atom is 0.246 e. The zero-order valence-electron chi connectivity index (χ0n) is 11.6. The van der Waals surface area contributed by atoms with Crippen molar-refractivity contribution >= 4 is 11.8 Å². The van der Waals surface area contributed by atoms with E-state index in [1.54, 1.807) is 6.07 Å². The van der Waals surface area contributed by atoms with Gasteiger partial charge in [0.05, 0.1) is 6.04 Å². The van der Waals surface area contributed by atoms with Crippen LogP contribution in [0.15, 0.2) is 12.1 Å². The molecule has 0 radical (unpaired) electrons. The van der Waals surface area contributed by atoms with Crippen LogP contribution < -0.4 is 14.8 Å². The fourth-order valence-electron chi connectivity index (χ4n) is 2.45. The number of hydrogen-bond acceptors (Lipinski definition) is 6. The summed E-state index contributed by atoms with van der Waals surface area (Å²) in [5, 5.41) is 13.0. The number of rotatable bonds is 3. The van der Waals surface area contributed by atoms with Crippen molar-refractivity contribution in [3.05, 3.63) is 17.7 Å². The summed E-state index contributed by atoms with van der Waals surface area (Å²) in [6.07, 6.45) is 0.806. The number of ether oxygens (including phenoxy) is 2. The minimum absolute atomic E-state index is 0.0828.